The third-order valence-corrected chi connectivity index (χ3v) is 6.29. The van der Waals surface area contributed by atoms with Crippen molar-refractivity contribution in [1.29, 1.82) is 0 Å². The first-order valence-corrected chi connectivity index (χ1v) is 10.9. The average Bonchev–Trinajstić information content (AvgIpc) is 2.66. The molecular formula is C23H36N4O2. The van der Waals surface area contributed by atoms with Gasteiger partial charge < -0.3 is 10.2 Å². The Bertz CT molecular complexity index is 718. The maximum atomic E-state index is 12.7. The van der Waals surface area contributed by atoms with Gasteiger partial charge in [-0.1, -0.05) is 26.0 Å². The van der Waals surface area contributed by atoms with E-state index in [-0.39, 0.29) is 11.8 Å². The Labute approximate surface area is 175 Å². The molecule has 0 aliphatic carbocycles. The maximum Gasteiger partial charge on any atom is 0.238 e. The first kappa shape index (κ1) is 21.8. The van der Waals surface area contributed by atoms with Crippen molar-refractivity contribution in [3.63, 3.8) is 0 Å². The smallest absolute Gasteiger partial charge is 0.238 e. The van der Waals surface area contributed by atoms with Crippen LogP contribution in [0.15, 0.2) is 18.2 Å². The number of hydrogen-bond donors (Lipinski definition) is 1. The molecule has 2 fully saturated rings. The highest BCUT2D eigenvalue weighted by Gasteiger charge is 2.27. The average molecular weight is 401 g/mol. The lowest BCUT2D eigenvalue weighted by Gasteiger charge is -2.38. The summed E-state index contributed by atoms with van der Waals surface area (Å²) < 4.78 is 0. The van der Waals surface area contributed by atoms with Crippen molar-refractivity contribution in [2.75, 3.05) is 57.7 Å². The maximum absolute atomic E-state index is 12.7. The van der Waals surface area contributed by atoms with Crippen LogP contribution in [-0.4, -0.2) is 78.9 Å². The van der Waals surface area contributed by atoms with E-state index >= 15 is 0 Å². The third kappa shape index (κ3) is 6.03. The molecule has 2 saturated heterocycles. The highest BCUT2D eigenvalue weighted by atomic mass is 16.2. The molecule has 2 aliphatic rings. The number of nitrogens with one attached hydrogen (secondary N) is 1. The monoisotopic (exact) mass is 400 g/mol. The second-order valence-electron chi connectivity index (χ2n) is 9.09. The molecule has 0 saturated carbocycles. The highest BCUT2D eigenvalue weighted by molar-refractivity contribution is 5.93. The SMILES string of the molecule is Cc1cccc(NC(=O)CN2CCN(CC(=O)N3C[C@H](C)C[C@H](C)C3)CC2)c1C. The number of amides is 2. The normalized spacial score (nSPS) is 23.8. The van der Waals surface area contributed by atoms with Crippen LogP contribution in [0.5, 0.6) is 0 Å². The second kappa shape index (κ2) is 9.72. The van der Waals surface area contributed by atoms with Gasteiger partial charge in [-0.3, -0.25) is 19.4 Å². The molecule has 1 aromatic rings. The number of carbonyl (C=O) groups excluding carboxylic acids is 2. The molecule has 0 bridgehead atoms. The van der Waals surface area contributed by atoms with Gasteiger partial charge in [0.15, 0.2) is 0 Å². The Morgan fingerprint density at radius 2 is 1.55 bits per heavy atom. The molecule has 2 atom stereocenters. The van der Waals surface area contributed by atoms with Crippen LogP contribution in [0.4, 0.5) is 5.69 Å². The van der Waals surface area contributed by atoms with Gasteiger partial charge in [0.1, 0.15) is 0 Å². The minimum atomic E-state index is 0.0273. The van der Waals surface area contributed by atoms with E-state index in [1.165, 1.54) is 12.0 Å². The van der Waals surface area contributed by atoms with Crippen molar-refractivity contribution >= 4 is 17.5 Å². The molecule has 1 aromatic carbocycles. The molecule has 0 unspecified atom stereocenters. The molecule has 2 aliphatic heterocycles. The van der Waals surface area contributed by atoms with Crippen molar-refractivity contribution in [2.45, 2.75) is 34.1 Å². The topological polar surface area (TPSA) is 55.9 Å². The standard InChI is InChI=1S/C23H36N4O2/c1-17-12-18(2)14-27(13-17)23(29)16-26-10-8-25(9-11-26)15-22(28)24-21-7-5-6-19(3)20(21)4/h5-7,17-18H,8-16H2,1-4H3,(H,24,28)/t17-,18+. The fourth-order valence-electron chi connectivity index (χ4n) is 4.54. The molecule has 0 aromatic heterocycles. The predicted molar refractivity (Wildman–Crippen MR) is 117 cm³/mol. The lowest BCUT2D eigenvalue weighted by atomic mass is 9.92. The first-order chi connectivity index (χ1) is 13.8. The number of aryl methyl sites for hydroxylation is 1. The van der Waals surface area contributed by atoms with Gasteiger partial charge in [-0.2, -0.15) is 0 Å². The fourth-order valence-corrected chi connectivity index (χ4v) is 4.54. The summed E-state index contributed by atoms with van der Waals surface area (Å²) in [6.45, 7) is 14.5. The Hall–Kier alpha value is -1.92. The van der Waals surface area contributed by atoms with Crippen LogP contribution >= 0.6 is 0 Å². The predicted octanol–water partition coefficient (Wildman–Crippen LogP) is 2.36. The van der Waals surface area contributed by atoms with Gasteiger partial charge in [0.25, 0.3) is 0 Å². The van der Waals surface area contributed by atoms with E-state index in [0.717, 1.165) is 50.5 Å². The Balaban J connectivity index is 1.41. The van der Waals surface area contributed by atoms with Crippen LogP contribution in [-0.2, 0) is 9.59 Å². The zero-order chi connectivity index (χ0) is 21.0. The second-order valence-corrected chi connectivity index (χ2v) is 9.09. The van der Waals surface area contributed by atoms with Crippen LogP contribution in [0.25, 0.3) is 0 Å². The number of benzene rings is 1. The molecule has 0 radical (unpaired) electrons. The van der Waals surface area contributed by atoms with E-state index in [4.69, 9.17) is 0 Å². The number of anilines is 1. The van der Waals surface area contributed by atoms with E-state index in [9.17, 15) is 9.59 Å². The number of likely N-dealkylation sites (tertiary alicyclic amines) is 1. The zero-order valence-electron chi connectivity index (χ0n) is 18.4. The van der Waals surface area contributed by atoms with E-state index < -0.39 is 0 Å². The fraction of sp³-hybridized carbons (Fsp3) is 0.652. The Kier molecular flexibility index (Phi) is 7.30. The molecule has 1 N–H and O–H groups in total. The molecule has 6 nitrogen and oxygen atoms in total. The van der Waals surface area contributed by atoms with Crippen LogP contribution < -0.4 is 5.32 Å². The van der Waals surface area contributed by atoms with Crippen LogP contribution in [0.1, 0.15) is 31.4 Å². The van der Waals surface area contributed by atoms with Crippen LogP contribution in [0.2, 0.25) is 0 Å². The van der Waals surface area contributed by atoms with Gasteiger partial charge in [-0.25, -0.2) is 0 Å². The minimum Gasteiger partial charge on any atom is -0.341 e. The van der Waals surface area contributed by atoms with Crippen molar-refractivity contribution in [2.24, 2.45) is 11.8 Å². The quantitative estimate of drug-likeness (QED) is 0.824. The largest absolute Gasteiger partial charge is 0.341 e. The molecule has 160 valence electrons. The van der Waals surface area contributed by atoms with Crippen LogP contribution in [0.3, 0.4) is 0 Å². The number of piperazine rings is 1. The third-order valence-electron chi connectivity index (χ3n) is 6.29. The van der Waals surface area contributed by atoms with E-state index in [0.29, 0.717) is 24.9 Å². The van der Waals surface area contributed by atoms with E-state index in [1.807, 2.05) is 24.0 Å². The van der Waals surface area contributed by atoms with Crippen molar-refractivity contribution in [1.82, 2.24) is 14.7 Å². The van der Waals surface area contributed by atoms with Gasteiger partial charge in [0.2, 0.25) is 11.8 Å². The van der Waals surface area contributed by atoms with Gasteiger partial charge >= 0.3 is 0 Å². The van der Waals surface area contributed by atoms with Crippen LogP contribution in [0, 0.1) is 25.7 Å². The number of piperidine rings is 1. The lowest BCUT2D eigenvalue weighted by Crippen LogP contribution is -2.52. The number of nitrogens with zero attached hydrogens (tertiary/aromatic N) is 3. The Morgan fingerprint density at radius 1 is 0.966 bits per heavy atom. The molecule has 2 amide bonds. The van der Waals surface area contributed by atoms with Gasteiger partial charge in [0, 0.05) is 45.0 Å². The van der Waals surface area contributed by atoms with E-state index in [1.54, 1.807) is 0 Å². The summed E-state index contributed by atoms with van der Waals surface area (Å²) in [6.07, 6.45) is 1.21. The summed E-state index contributed by atoms with van der Waals surface area (Å²) in [5.74, 6) is 1.47. The lowest BCUT2D eigenvalue weighted by molar-refractivity contribution is -0.135. The summed E-state index contributed by atoms with van der Waals surface area (Å²) in [6, 6.07) is 5.97. The van der Waals surface area contributed by atoms with Gasteiger partial charge in [-0.05, 0) is 49.3 Å². The number of rotatable bonds is 5. The molecule has 29 heavy (non-hydrogen) atoms. The summed E-state index contributed by atoms with van der Waals surface area (Å²) >= 11 is 0. The molecule has 0 spiro atoms. The summed E-state index contributed by atoms with van der Waals surface area (Å²) in [5.41, 5.74) is 3.19. The number of carbonyl (C=O) groups is 2. The highest BCUT2D eigenvalue weighted by Crippen LogP contribution is 2.21. The van der Waals surface area contributed by atoms with Gasteiger partial charge in [0.05, 0.1) is 13.1 Å². The van der Waals surface area contributed by atoms with Crippen molar-refractivity contribution < 1.29 is 9.59 Å². The zero-order valence-corrected chi connectivity index (χ0v) is 18.4. The summed E-state index contributed by atoms with van der Waals surface area (Å²) in [5, 5.41) is 3.04. The minimum absolute atomic E-state index is 0.0273. The molecule has 2 heterocycles. The molecule has 6 heteroatoms. The number of hydrogen-bond acceptors (Lipinski definition) is 4. The van der Waals surface area contributed by atoms with Crippen molar-refractivity contribution in [3.05, 3.63) is 29.3 Å². The summed E-state index contributed by atoms with van der Waals surface area (Å²) in [7, 11) is 0. The summed E-state index contributed by atoms with van der Waals surface area (Å²) in [4.78, 5) is 31.6. The molecule has 3 rings (SSSR count). The van der Waals surface area contributed by atoms with Gasteiger partial charge in [-0.15, -0.1) is 0 Å². The Morgan fingerprint density at radius 3 is 2.17 bits per heavy atom. The van der Waals surface area contributed by atoms with Crippen molar-refractivity contribution in [3.8, 4) is 0 Å². The first-order valence-electron chi connectivity index (χ1n) is 10.9. The molecular weight excluding hydrogens is 364 g/mol. The van der Waals surface area contributed by atoms with E-state index in [2.05, 4.69) is 42.0 Å².